The lowest BCUT2D eigenvalue weighted by Crippen LogP contribution is -2.31. The van der Waals surface area contributed by atoms with E-state index >= 15 is 0 Å². The van der Waals surface area contributed by atoms with Crippen LogP contribution in [-0.2, 0) is 20.0 Å². The van der Waals surface area contributed by atoms with Gasteiger partial charge in [-0.2, -0.15) is 4.31 Å². The van der Waals surface area contributed by atoms with Crippen LogP contribution in [0.4, 0.5) is 5.69 Å². The molecule has 0 saturated carbocycles. The van der Waals surface area contributed by atoms with Crippen LogP contribution in [0.15, 0.2) is 46.2 Å². The van der Waals surface area contributed by atoms with Crippen LogP contribution in [-0.4, -0.2) is 34.2 Å². The zero-order valence-electron chi connectivity index (χ0n) is 15.2. The smallest absolute Gasteiger partial charge is 0.263 e. The summed E-state index contributed by atoms with van der Waals surface area (Å²) in [5.74, 6) is 0. The molecule has 1 saturated heterocycles. The van der Waals surface area contributed by atoms with E-state index in [9.17, 15) is 16.8 Å². The van der Waals surface area contributed by atoms with E-state index in [2.05, 4.69) is 4.72 Å². The largest absolute Gasteiger partial charge is 0.280 e. The van der Waals surface area contributed by atoms with Crippen LogP contribution in [0.3, 0.4) is 0 Å². The van der Waals surface area contributed by atoms with E-state index < -0.39 is 20.0 Å². The second-order valence-corrected chi connectivity index (χ2v) is 11.5. The highest BCUT2D eigenvalue weighted by Gasteiger charge is 2.25. The van der Waals surface area contributed by atoms with Gasteiger partial charge in [-0.1, -0.05) is 47.6 Å². The van der Waals surface area contributed by atoms with Crippen molar-refractivity contribution in [3.8, 4) is 0 Å². The van der Waals surface area contributed by atoms with Crippen LogP contribution in [0, 0.1) is 0 Å². The molecule has 0 atom stereocenters. The molecule has 11 heteroatoms. The Bertz CT molecular complexity index is 1100. The van der Waals surface area contributed by atoms with E-state index in [-0.39, 0.29) is 30.5 Å². The second kappa shape index (κ2) is 8.99. The molecule has 1 aliphatic heterocycles. The van der Waals surface area contributed by atoms with Crippen molar-refractivity contribution >= 4 is 60.5 Å². The molecule has 0 aliphatic carbocycles. The lowest BCUT2D eigenvalue weighted by atomic mass is 10.2. The highest BCUT2D eigenvalue weighted by Crippen LogP contribution is 2.32. The highest BCUT2D eigenvalue weighted by atomic mass is 35.5. The van der Waals surface area contributed by atoms with Crippen molar-refractivity contribution in [3.05, 3.63) is 51.5 Å². The first-order chi connectivity index (χ1) is 13.6. The van der Waals surface area contributed by atoms with Gasteiger partial charge in [0, 0.05) is 18.8 Å². The van der Waals surface area contributed by atoms with E-state index in [0.29, 0.717) is 13.1 Å². The van der Waals surface area contributed by atoms with Gasteiger partial charge in [0.1, 0.15) is 4.90 Å². The summed E-state index contributed by atoms with van der Waals surface area (Å²) >= 11 is 17.7. The number of anilines is 1. The Morgan fingerprint density at radius 2 is 1.31 bits per heavy atom. The summed E-state index contributed by atoms with van der Waals surface area (Å²) in [7, 11) is -7.65. The summed E-state index contributed by atoms with van der Waals surface area (Å²) in [6.45, 7) is 0.985. The number of sulfonamides is 2. The topological polar surface area (TPSA) is 83.5 Å². The molecule has 2 aromatic rings. The summed E-state index contributed by atoms with van der Waals surface area (Å²) in [6.07, 6.45) is 3.71. The molecular weight excluding hydrogens is 479 g/mol. The Kier molecular flexibility index (Phi) is 7.03. The highest BCUT2D eigenvalue weighted by molar-refractivity contribution is 7.92. The van der Waals surface area contributed by atoms with E-state index in [1.54, 1.807) is 0 Å². The number of rotatable bonds is 5. The first kappa shape index (κ1) is 22.7. The first-order valence-corrected chi connectivity index (χ1v) is 12.9. The molecule has 158 valence electrons. The number of halogens is 3. The van der Waals surface area contributed by atoms with Crippen molar-refractivity contribution in [3.63, 3.8) is 0 Å². The van der Waals surface area contributed by atoms with Gasteiger partial charge in [-0.25, -0.2) is 16.8 Å². The van der Waals surface area contributed by atoms with Crippen molar-refractivity contribution in [2.45, 2.75) is 35.5 Å². The minimum absolute atomic E-state index is 0.0512. The number of nitrogens with zero attached hydrogens (tertiary/aromatic N) is 1. The maximum atomic E-state index is 12.8. The molecule has 0 amide bonds. The van der Waals surface area contributed by atoms with Crippen molar-refractivity contribution in [2.24, 2.45) is 0 Å². The number of benzene rings is 2. The third-order valence-corrected chi connectivity index (χ3v) is 9.05. The standard InChI is InChI=1S/C18H19Cl3N2O4S2/c19-15-11-17(21)18(12-16(15)20)28(24,25)22-13-5-7-14(8-6-13)29(26,27)23-9-3-1-2-4-10-23/h5-8,11-12,22H,1-4,9-10H2. The Hall–Kier alpha value is -1.03. The quantitative estimate of drug-likeness (QED) is 0.588. The van der Waals surface area contributed by atoms with Gasteiger partial charge in [0.25, 0.3) is 10.0 Å². The van der Waals surface area contributed by atoms with Gasteiger partial charge in [-0.15, -0.1) is 0 Å². The molecule has 1 heterocycles. The molecule has 0 aromatic heterocycles. The van der Waals surface area contributed by atoms with Crippen LogP contribution in [0.1, 0.15) is 25.7 Å². The van der Waals surface area contributed by atoms with Crippen molar-refractivity contribution in [1.82, 2.24) is 4.31 Å². The average Bonchev–Trinajstić information content (AvgIpc) is 2.95. The maximum Gasteiger partial charge on any atom is 0.263 e. The number of hydrogen-bond acceptors (Lipinski definition) is 4. The summed E-state index contributed by atoms with van der Waals surface area (Å²) in [5, 5.41) is 0.112. The monoisotopic (exact) mass is 496 g/mol. The van der Waals surface area contributed by atoms with Gasteiger partial charge in [0.05, 0.1) is 20.0 Å². The van der Waals surface area contributed by atoms with E-state index in [1.165, 1.54) is 34.6 Å². The van der Waals surface area contributed by atoms with Gasteiger partial charge in [0.2, 0.25) is 10.0 Å². The first-order valence-electron chi connectivity index (χ1n) is 8.89. The Morgan fingerprint density at radius 1 is 0.759 bits per heavy atom. The zero-order valence-corrected chi connectivity index (χ0v) is 19.1. The molecule has 29 heavy (non-hydrogen) atoms. The number of nitrogens with one attached hydrogen (secondary N) is 1. The van der Waals surface area contributed by atoms with Crippen LogP contribution in [0.25, 0.3) is 0 Å². The minimum atomic E-state index is -4.04. The van der Waals surface area contributed by atoms with Crippen molar-refractivity contribution < 1.29 is 16.8 Å². The summed E-state index contributed by atoms with van der Waals surface area (Å²) in [5.41, 5.74) is 0.196. The summed E-state index contributed by atoms with van der Waals surface area (Å²) in [6, 6.07) is 7.97. The molecule has 1 aliphatic rings. The zero-order chi connectivity index (χ0) is 21.2. The molecule has 0 radical (unpaired) electrons. The molecule has 6 nitrogen and oxygen atoms in total. The van der Waals surface area contributed by atoms with E-state index in [0.717, 1.165) is 31.7 Å². The van der Waals surface area contributed by atoms with Crippen LogP contribution in [0.2, 0.25) is 15.1 Å². The molecule has 2 aromatic carbocycles. The summed E-state index contributed by atoms with van der Waals surface area (Å²) < 4.78 is 54.7. The number of hydrogen-bond donors (Lipinski definition) is 1. The van der Waals surface area contributed by atoms with Gasteiger partial charge < -0.3 is 0 Å². The van der Waals surface area contributed by atoms with E-state index in [1.807, 2.05) is 0 Å². The van der Waals surface area contributed by atoms with Gasteiger partial charge in [-0.3, -0.25) is 4.72 Å². The molecular formula is C18H19Cl3N2O4S2. The fraction of sp³-hybridized carbons (Fsp3) is 0.333. The third kappa shape index (κ3) is 5.18. The fourth-order valence-electron chi connectivity index (χ4n) is 3.05. The summed E-state index contributed by atoms with van der Waals surface area (Å²) in [4.78, 5) is -0.107. The Morgan fingerprint density at radius 3 is 1.90 bits per heavy atom. The fourth-order valence-corrected chi connectivity index (χ4v) is 6.62. The molecule has 1 N–H and O–H groups in total. The Labute approximate surface area is 185 Å². The normalized spacial score (nSPS) is 16.4. The van der Waals surface area contributed by atoms with Gasteiger partial charge >= 0.3 is 0 Å². The lowest BCUT2D eigenvalue weighted by molar-refractivity contribution is 0.424. The van der Waals surface area contributed by atoms with Gasteiger partial charge in [0.15, 0.2) is 0 Å². The third-order valence-electron chi connectivity index (χ3n) is 4.57. The van der Waals surface area contributed by atoms with Crippen LogP contribution < -0.4 is 4.72 Å². The second-order valence-electron chi connectivity index (χ2n) is 6.64. The molecule has 1 fully saturated rings. The molecule has 0 unspecified atom stereocenters. The lowest BCUT2D eigenvalue weighted by Gasteiger charge is -2.20. The predicted molar refractivity (Wildman–Crippen MR) is 116 cm³/mol. The van der Waals surface area contributed by atoms with E-state index in [4.69, 9.17) is 34.8 Å². The molecule has 3 rings (SSSR count). The average molecular weight is 498 g/mol. The minimum Gasteiger partial charge on any atom is -0.280 e. The van der Waals surface area contributed by atoms with Crippen molar-refractivity contribution in [2.75, 3.05) is 17.8 Å². The van der Waals surface area contributed by atoms with Crippen molar-refractivity contribution in [1.29, 1.82) is 0 Å². The van der Waals surface area contributed by atoms with Crippen LogP contribution in [0.5, 0.6) is 0 Å². The maximum absolute atomic E-state index is 12.8. The molecule has 0 bridgehead atoms. The van der Waals surface area contributed by atoms with Gasteiger partial charge in [-0.05, 0) is 49.2 Å². The SMILES string of the molecule is O=S(=O)(Nc1ccc(S(=O)(=O)N2CCCCCC2)cc1)c1cc(Cl)c(Cl)cc1Cl. The predicted octanol–water partition coefficient (Wildman–Crippen LogP) is 5.01. The Balaban J connectivity index is 1.82. The molecule has 0 spiro atoms. The van der Waals surface area contributed by atoms with Crippen LogP contribution >= 0.6 is 34.8 Å².